The van der Waals surface area contributed by atoms with Crippen LogP contribution in [0.5, 0.6) is 0 Å². The predicted octanol–water partition coefficient (Wildman–Crippen LogP) is 5.39. The van der Waals surface area contributed by atoms with E-state index in [4.69, 9.17) is 4.43 Å². The van der Waals surface area contributed by atoms with Crippen LogP contribution >= 0.6 is 0 Å². The van der Waals surface area contributed by atoms with Gasteiger partial charge < -0.3 is 4.43 Å². The molecule has 0 aromatic carbocycles. The van der Waals surface area contributed by atoms with Crippen molar-refractivity contribution in [3.05, 3.63) is 11.6 Å². The minimum absolute atomic E-state index is 0.304. The average Bonchev–Trinajstić information content (AvgIpc) is 2.18. The highest BCUT2D eigenvalue weighted by Gasteiger charge is 2.40. The number of hydrogen-bond acceptors (Lipinski definition) is 1. The second kappa shape index (κ2) is 5.50. The van der Waals surface area contributed by atoms with Gasteiger partial charge in [-0.15, -0.1) is 0 Å². The minimum Gasteiger partial charge on any atom is -0.410 e. The first-order chi connectivity index (χ1) is 8.04. The van der Waals surface area contributed by atoms with E-state index in [1.165, 1.54) is 18.4 Å². The number of rotatable bonds is 3. The molecule has 0 N–H and O–H groups in total. The molecule has 0 amide bonds. The summed E-state index contributed by atoms with van der Waals surface area (Å²) in [6, 6.07) is 0. The first kappa shape index (κ1) is 16.0. The minimum atomic E-state index is -1.64. The fraction of sp³-hybridized carbons (Fsp3) is 0.875. The highest BCUT2D eigenvalue weighted by molar-refractivity contribution is 6.74. The first-order valence-electron chi connectivity index (χ1n) is 7.39. The van der Waals surface area contributed by atoms with Gasteiger partial charge in [0.1, 0.15) is 0 Å². The van der Waals surface area contributed by atoms with E-state index in [1.54, 1.807) is 0 Å². The van der Waals surface area contributed by atoms with E-state index in [1.807, 2.05) is 0 Å². The molecule has 0 radical (unpaired) electrons. The third kappa shape index (κ3) is 3.71. The quantitative estimate of drug-likeness (QED) is 0.492. The number of hydrogen-bond donors (Lipinski definition) is 0. The zero-order valence-electron chi connectivity index (χ0n) is 13.6. The Kier molecular flexibility index (Phi) is 4.88. The Hall–Kier alpha value is -0.0831. The Morgan fingerprint density at radius 3 is 2.28 bits per heavy atom. The van der Waals surface area contributed by atoms with Crippen LogP contribution in [-0.2, 0) is 4.43 Å². The molecule has 0 unspecified atom stereocenters. The van der Waals surface area contributed by atoms with Gasteiger partial charge in [-0.1, -0.05) is 40.7 Å². The van der Waals surface area contributed by atoms with Crippen LogP contribution in [0, 0.1) is 11.8 Å². The fourth-order valence-corrected chi connectivity index (χ4v) is 3.59. The molecule has 0 heterocycles. The van der Waals surface area contributed by atoms with Crippen molar-refractivity contribution < 1.29 is 4.43 Å². The van der Waals surface area contributed by atoms with Crippen molar-refractivity contribution in [1.82, 2.24) is 0 Å². The third-order valence-electron chi connectivity index (χ3n) is 4.95. The first-order valence-corrected chi connectivity index (χ1v) is 10.3. The summed E-state index contributed by atoms with van der Waals surface area (Å²) in [4.78, 5) is 0. The van der Waals surface area contributed by atoms with Crippen LogP contribution in [0.4, 0.5) is 0 Å². The zero-order valence-corrected chi connectivity index (χ0v) is 14.6. The van der Waals surface area contributed by atoms with Crippen molar-refractivity contribution >= 4 is 8.32 Å². The van der Waals surface area contributed by atoms with Gasteiger partial charge >= 0.3 is 0 Å². The molecule has 0 aliphatic heterocycles. The molecule has 1 nitrogen and oxygen atoms in total. The van der Waals surface area contributed by atoms with Gasteiger partial charge in [0.15, 0.2) is 8.32 Å². The average molecular weight is 269 g/mol. The molecular weight excluding hydrogens is 236 g/mol. The molecule has 106 valence electrons. The summed E-state index contributed by atoms with van der Waals surface area (Å²) < 4.78 is 6.61. The van der Waals surface area contributed by atoms with Gasteiger partial charge in [-0.3, -0.25) is 0 Å². The van der Waals surface area contributed by atoms with Crippen LogP contribution in [0.15, 0.2) is 11.6 Å². The topological polar surface area (TPSA) is 9.23 Å². The summed E-state index contributed by atoms with van der Waals surface area (Å²) in [6.45, 7) is 18.6. The van der Waals surface area contributed by atoms with Gasteiger partial charge in [0.05, 0.1) is 6.10 Å². The summed E-state index contributed by atoms with van der Waals surface area (Å²) in [5.41, 5.74) is 1.46. The van der Waals surface area contributed by atoms with E-state index in [-0.39, 0.29) is 0 Å². The van der Waals surface area contributed by atoms with Gasteiger partial charge in [0, 0.05) is 0 Å². The monoisotopic (exact) mass is 268 g/mol. The maximum Gasteiger partial charge on any atom is 0.192 e. The highest BCUT2D eigenvalue weighted by Crippen LogP contribution is 2.40. The van der Waals surface area contributed by atoms with Gasteiger partial charge in [-0.05, 0) is 55.3 Å². The Labute approximate surface area is 115 Å². The van der Waals surface area contributed by atoms with Gasteiger partial charge in [-0.2, -0.15) is 0 Å². The molecule has 1 aliphatic carbocycles. The van der Waals surface area contributed by atoms with Crippen molar-refractivity contribution in [2.24, 2.45) is 11.8 Å². The molecule has 0 aromatic heterocycles. The fourth-order valence-electron chi connectivity index (χ4n) is 2.24. The summed E-state index contributed by atoms with van der Waals surface area (Å²) in [6.07, 6.45) is 5.23. The smallest absolute Gasteiger partial charge is 0.192 e. The Morgan fingerprint density at radius 1 is 1.28 bits per heavy atom. The number of allylic oxidation sites excluding steroid dienone is 1. The molecule has 0 aromatic rings. The predicted molar refractivity (Wildman–Crippen MR) is 83.4 cm³/mol. The molecule has 0 spiro atoms. The van der Waals surface area contributed by atoms with E-state index >= 15 is 0 Å². The molecule has 1 rings (SSSR count). The van der Waals surface area contributed by atoms with Crippen LogP contribution in [0.25, 0.3) is 0 Å². The summed E-state index contributed by atoms with van der Waals surface area (Å²) >= 11 is 0. The summed E-state index contributed by atoms with van der Waals surface area (Å²) in [5, 5.41) is 0.304. The van der Waals surface area contributed by atoms with E-state index in [2.05, 4.69) is 60.7 Å². The molecule has 0 fully saturated rings. The molecule has 0 bridgehead atoms. The second-order valence-corrected chi connectivity index (χ2v) is 12.5. The van der Waals surface area contributed by atoms with Gasteiger partial charge in [0.2, 0.25) is 0 Å². The van der Waals surface area contributed by atoms with Crippen molar-refractivity contribution in [2.45, 2.75) is 78.6 Å². The van der Waals surface area contributed by atoms with Crippen LogP contribution in [-0.4, -0.2) is 14.4 Å². The van der Waals surface area contributed by atoms with Crippen molar-refractivity contribution in [2.75, 3.05) is 0 Å². The van der Waals surface area contributed by atoms with Crippen LogP contribution in [0.3, 0.4) is 0 Å². The lowest BCUT2D eigenvalue weighted by Crippen LogP contribution is -2.45. The lowest BCUT2D eigenvalue weighted by Gasteiger charge is -2.42. The molecule has 0 saturated carbocycles. The van der Waals surface area contributed by atoms with Crippen LogP contribution in [0.1, 0.15) is 54.4 Å². The van der Waals surface area contributed by atoms with Crippen molar-refractivity contribution in [3.8, 4) is 0 Å². The second-order valence-electron chi connectivity index (χ2n) is 7.79. The van der Waals surface area contributed by atoms with Crippen molar-refractivity contribution in [3.63, 3.8) is 0 Å². The lowest BCUT2D eigenvalue weighted by molar-refractivity contribution is 0.155. The standard InChI is InChI=1S/C16H32OSi/c1-12(2)14-10-9-13(3)15(11-14)17-18(7,8)16(4,5)6/h9,12,14-15H,10-11H2,1-8H3/t14-,15-/m0/s1. The maximum absolute atomic E-state index is 6.61. The maximum atomic E-state index is 6.61. The Morgan fingerprint density at radius 2 is 1.83 bits per heavy atom. The Bertz CT molecular complexity index is 310. The molecule has 18 heavy (non-hydrogen) atoms. The van der Waals surface area contributed by atoms with E-state index < -0.39 is 8.32 Å². The molecule has 0 saturated heterocycles. The van der Waals surface area contributed by atoms with E-state index in [9.17, 15) is 0 Å². The lowest BCUT2D eigenvalue weighted by atomic mass is 9.81. The zero-order chi connectivity index (χ0) is 14.1. The normalized spacial score (nSPS) is 26.4. The summed E-state index contributed by atoms with van der Waals surface area (Å²) in [7, 11) is -1.64. The third-order valence-corrected chi connectivity index (χ3v) is 9.44. The molecule has 2 atom stereocenters. The van der Waals surface area contributed by atoms with Gasteiger partial charge in [0.25, 0.3) is 0 Å². The van der Waals surface area contributed by atoms with Gasteiger partial charge in [-0.25, -0.2) is 0 Å². The van der Waals surface area contributed by atoms with E-state index in [0.717, 1.165) is 11.8 Å². The molecule has 2 heteroatoms. The van der Waals surface area contributed by atoms with Crippen LogP contribution in [0.2, 0.25) is 18.1 Å². The SMILES string of the molecule is CC1=CC[C@H](C(C)C)C[C@@H]1O[Si](C)(C)C(C)(C)C. The molecule has 1 aliphatic rings. The highest BCUT2D eigenvalue weighted by atomic mass is 28.4. The largest absolute Gasteiger partial charge is 0.410 e. The van der Waals surface area contributed by atoms with Crippen LogP contribution < -0.4 is 0 Å². The van der Waals surface area contributed by atoms with E-state index in [0.29, 0.717) is 11.1 Å². The Balaban J connectivity index is 2.78. The van der Waals surface area contributed by atoms with Crippen molar-refractivity contribution in [1.29, 1.82) is 0 Å². The summed E-state index contributed by atoms with van der Waals surface area (Å²) in [5.74, 6) is 1.56. The molecular formula is C16H32OSi.